The molecule has 2 N–H and O–H groups in total. The number of H-pyrrole nitrogens is 2. The maximum Gasteiger partial charge on any atom is 0.325 e. The van der Waals surface area contributed by atoms with Gasteiger partial charge in [-0.25, -0.2) is 4.79 Å². The number of rotatable bonds is 2. The largest absolute Gasteiger partial charge is 0.325 e. The maximum atomic E-state index is 11.6. The van der Waals surface area contributed by atoms with Crippen LogP contribution in [0.3, 0.4) is 0 Å². The summed E-state index contributed by atoms with van der Waals surface area (Å²) in [6.07, 6.45) is 0.525. The summed E-state index contributed by atoms with van der Waals surface area (Å²) in [6.45, 7) is 6.12. The molecule has 0 aliphatic rings. The normalized spacial score (nSPS) is 10.7. The van der Waals surface area contributed by atoms with Gasteiger partial charge < -0.3 is 4.98 Å². The van der Waals surface area contributed by atoms with Crippen LogP contribution in [0.4, 0.5) is 0 Å². The van der Waals surface area contributed by atoms with Gasteiger partial charge in [-0.2, -0.15) is 0 Å². The van der Waals surface area contributed by atoms with Crippen LogP contribution in [-0.4, -0.2) is 9.97 Å². The van der Waals surface area contributed by atoms with E-state index in [1.165, 1.54) is 5.56 Å². The maximum absolute atomic E-state index is 11.6. The summed E-state index contributed by atoms with van der Waals surface area (Å²) >= 11 is 3.22. The molecule has 5 heteroatoms. The lowest BCUT2D eigenvalue weighted by atomic mass is 9.96. The molecular weight excluding hydrogens is 308 g/mol. The van der Waals surface area contributed by atoms with E-state index in [0.717, 1.165) is 16.7 Å². The fraction of sp³-hybridized carbons (Fsp3) is 0.286. The molecule has 0 amide bonds. The molecule has 0 spiro atoms. The topological polar surface area (TPSA) is 65.7 Å². The van der Waals surface area contributed by atoms with Crippen molar-refractivity contribution in [3.63, 3.8) is 0 Å². The van der Waals surface area contributed by atoms with Crippen molar-refractivity contribution in [3.05, 3.63) is 65.4 Å². The van der Waals surface area contributed by atoms with Crippen LogP contribution in [0.5, 0.6) is 0 Å². The summed E-state index contributed by atoms with van der Waals surface area (Å²) in [4.78, 5) is 27.8. The smallest absolute Gasteiger partial charge is 0.310 e. The third-order valence-corrected chi connectivity index (χ3v) is 3.99. The van der Waals surface area contributed by atoms with Gasteiger partial charge in [0.05, 0.1) is 0 Å². The molecule has 1 aromatic carbocycles. The second-order valence-electron chi connectivity index (χ2n) is 4.75. The van der Waals surface area contributed by atoms with E-state index in [1.54, 1.807) is 0 Å². The lowest BCUT2D eigenvalue weighted by Gasteiger charge is -2.12. The van der Waals surface area contributed by atoms with Crippen molar-refractivity contribution in [2.75, 3.05) is 0 Å². The van der Waals surface area contributed by atoms with Crippen molar-refractivity contribution in [1.29, 1.82) is 0 Å². The summed E-state index contributed by atoms with van der Waals surface area (Å²) in [7, 11) is 0. The summed E-state index contributed by atoms with van der Waals surface area (Å²) in [6, 6.07) is 4.20. The second-order valence-corrected chi connectivity index (χ2v) is 5.55. The van der Waals surface area contributed by atoms with Crippen molar-refractivity contribution in [2.45, 2.75) is 27.2 Å². The molecule has 0 fully saturated rings. The van der Waals surface area contributed by atoms with Crippen molar-refractivity contribution >= 4 is 15.9 Å². The SMILES string of the molecule is Cc1cc(C)c(Cc2[nH]c(=O)[nH]c(=O)c2Br)c(C)c1. The first-order valence-corrected chi connectivity index (χ1v) is 6.75. The lowest BCUT2D eigenvalue weighted by Crippen LogP contribution is -2.25. The average molecular weight is 323 g/mol. The van der Waals surface area contributed by atoms with Crippen molar-refractivity contribution < 1.29 is 0 Å². The van der Waals surface area contributed by atoms with Gasteiger partial charge in [0.15, 0.2) is 0 Å². The minimum Gasteiger partial charge on any atom is -0.310 e. The lowest BCUT2D eigenvalue weighted by molar-refractivity contribution is 0.929. The Labute approximate surface area is 119 Å². The quantitative estimate of drug-likeness (QED) is 0.891. The van der Waals surface area contributed by atoms with Gasteiger partial charge >= 0.3 is 5.69 Å². The van der Waals surface area contributed by atoms with Crippen LogP contribution in [-0.2, 0) is 6.42 Å². The first-order valence-electron chi connectivity index (χ1n) is 5.96. The van der Waals surface area contributed by atoms with E-state index >= 15 is 0 Å². The Morgan fingerprint density at radius 2 is 1.63 bits per heavy atom. The molecule has 19 heavy (non-hydrogen) atoms. The van der Waals surface area contributed by atoms with Crippen LogP contribution in [0.2, 0.25) is 0 Å². The molecule has 2 rings (SSSR count). The van der Waals surface area contributed by atoms with E-state index in [0.29, 0.717) is 16.6 Å². The predicted octanol–water partition coefficient (Wildman–Crippen LogP) is 2.34. The van der Waals surface area contributed by atoms with Gasteiger partial charge in [-0.1, -0.05) is 17.7 Å². The number of aryl methyl sites for hydroxylation is 3. The molecule has 100 valence electrons. The standard InChI is InChI=1S/C14H15BrN2O2/c1-7-4-8(2)10(9(3)5-7)6-11-12(15)13(18)17-14(19)16-11/h4-5H,6H2,1-3H3,(H2,16,17,18,19). The number of hydrogen-bond acceptors (Lipinski definition) is 2. The van der Waals surface area contributed by atoms with Gasteiger partial charge in [-0.3, -0.25) is 9.78 Å². The Bertz CT molecular complexity index is 721. The third-order valence-electron chi connectivity index (χ3n) is 3.15. The molecule has 1 aromatic heterocycles. The highest BCUT2D eigenvalue weighted by Gasteiger charge is 2.10. The van der Waals surface area contributed by atoms with E-state index in [1.807, 2.05) is 13.8 Å². The average Bonchev–Trinajstić information content (AvgIpc) is 2.29. The van der Waals surface area contributed by atoms with E-state index in [9.17, 15) is 9.59 Å². The number of nitrogens with one attached hydrogen (secondary N) is 2. The zero-order chi connectivity index (χ0) is 14.2. The highest BCUT2D eigenvalue weighted by Crippen LogP contribution is 2.21. The van der Waals surface area contributed by atoms with Crippen LogP contribution < -0.4 is 11.2 Å². The molecule has 0 unspecified atom stereocenters. The van der Waals surface area contributed by atoms with Crippen LogP contribution in [0.25, 0.3) is 0 Å². The number of benzene rings is 1. The molecule has 0 atom stereocenters. The van der Waals surface area contributed by atoms with Crippen molar-refractivity contribution in [2.24, 2.45) is 0 Å². The molecule has 1 heterocycles. The Morgan fingerprint density at radius 3 is 2.21 bits per heavy atom. The molecule has 0 saturated carbocycles. The third kappa shape index (κ3) is 2.87. The first kappa shape index (κ1) is 13.8. The highest BCUT2D eigenvalue weighted by atomic mass is 79.9. The molecule has 0 radical (unpaired) electrons. The van der Waals surface area contributed by atoms with Gasteiger partial charge in [0, 0.05) is 12.1 Å². The second kappa shape index (κ2) is 5.17. The molecule has 0 saturated heterocycles. The number of hydrogen-bond donors (Lipinski definition) is 2. The zero-order valence-electron chi connectivity index (χ0n) is 11.1. The number of aromatic nitrogens is 2. The van der Waals surface area contributed by atoms with Gasteiger partial charge in [0.25, 0.3) is 5.56 Å². The van der Waals surface area contributed by atoms with Crippen LogP contribution >= 0.6 is 15.9 Å². The Kier molecular flexibility index (Phi) is 3.75. The number of aromatic amines is 2. The number of halogens is 1. The Hall–Kier alpha value is -1.62. The highest BCUT2D eigenvalue weighted by molar-refractivity contribution is 9.10. The van der Waals surface area contributed by atoms with E-state index in [2.05, 4.69) is 45.0 Å². The molecular formula is C14H15BrN2O2. The minimum atomic E-state index is -0.481. The van der Waals surface area contributed by atoms with Gasteiger partial charge in [-0.15, -0.1) is 0 Å². The minimum absolute atomic E-state index is 0.381. The summed E-state index contributed by atoms with van der Waals surface area (Å²) in [5.74, 6) is 0. The van der Waals surface area contributed by atoms with Crippen molar-refractivity contribution in [1.82, 2.24) is 9.97 Å². The predicted molar refractivity (Wildman–Crippen MR) is 78.8 cm³/mol. The van der Waals surface area contributed by atoms with Gasteiger partial charge in [-0.05, 0) is 53.4 Å². The van der Waals surface area contributed by atoms with Crippen molar-refractivity contribution in [3.8, 4) is 0 Å². The Balaban J connectivity index is 2.54. The first-order chi connectivity index (χ1) is 8.88. The van der Waals surface area contributed by atoms with E-state index in [-0.39, 0.29) is 0 Å². The van der Waals surface area contributed by atoms with Gasteiger partial charge in [0.1, 0.15) is 4.47 Å². The fourth-order valence-electron chi connectivity index (χ4n) is 2.31. The van der Waals surface area contributed by atoms with Gasteiger partial charge in [0.2, 0.25) is 0 Å². The molecule has 0 aliphatic heterocycles. The molecule has 0 bridgehead atoms. The van der Waals surface area contributed by atoms with Crippen LogP contribution in [0.15, 0.2) is 26.2 Å². The fourth-order valence-corrected chi connectivity index (χ4v) is 2.64. The Morgan fingerprint density at radius 1 is 1.05 bits per heavy atom. The molecule has 0 aliphatic carbocycles. The van der Waals surface area contributed by atoms with Crippen LogP contribution in [0.1, 0.15) is 27.9 Å². The summed E-state index contributed by atoms with van der Waals surface area (Å²) in [5, 5.41) is 0. The zero-order valence-corrected chi connectivity index (χ0v) is 12.6. The summed E-state index contributed by atoms with van der Waals surface area (Å²) < 4.78 is 0.381. The van der Waals surface area contributed by atoms with E-state index < -0.39 is 11.2 Å². The summed E-state index contributed by atoms with van der Waals surface area (Å²) in [5.41, 5.74) is 4.37. The monoisotopic (exact) mass is 322 g/mol. The van der Waals surface area contributed by atoms with E-state index in [4.69, 9.17) is 0 Å². The molecule has 4 nitrogen and oxygen atoms in total. The van der Waals surface area contributed by atoms with Crippen LogP contribution in [0, 0.1) is 20.8 Å². The molecule has 2 aromatic rings.